The highest BCUT2D eigenvalue weighted by molar-refractivity contribution is 6.03. The molecule has 2 aromatic rings. The molecule has 0 heterocycles. The van der Waals surface area contributed by atoms with Crippen molar-refractivity contribution in [1.29, 1.82) is 5.26 Å². The lowest BCUT2D eigenvalue weighted by atomic mass is 10.2. The minimum atomic E-state index is -0.344. The van der Waals surface area contributed by atoms with E-state index in [9.17, 15) is 9.59 Å². The van der Waals surface area contributed by atoms with Gasteiger partial charge in [-0.05, 0) is 49.7 Å². The van der Waals surface area contributed by atoms with Crippen LogP contribution in [0.5, 0.6) is 5.75 Å². The average Bonchev–Trinajstić information content (AvgIpc) is 3.45. The summed E-state index contributed by atoms with van der Waals surface area (Å²) in [6.07, 6.45) is 0.519. The number of amides is 2. The van der Waals surface area contributed by atoms with Crippen LogP contribution in [0.25, 0.3) is 0 Å². The van der Waals surface area contributed by atoms with Gasteiger partial charge in [-0.1, -0.05) is 12.1 Å². The number of nitrogens with one attached hydrogen (secondary N) is 2. The highest BCUT2D eigenvalue weighted by Crippen LogP contribution is 2.40. The number of hydrogen-bond donors (Lipinski definition) is 2. The Balaban J connectivity index is 1.56. The van der Waals surface area contributed by atoms with E-state index in [4.69, 9.17) is 10.00 Å². The van der Waals surface area contributed by atoms with Gasteiger partial charge in [-0.25, -0.2) is 0 Å². The van der Waals surface area contributed by atoms with Gasteiger partial charge in [-0.15, -0.1) is 0 Å². The molecule has 2 aromatic carbocycles. The minimum absolute atomic E-state index is 0.183. The number of nitrogens with zero attached hydrogens (tertiary/aromatic N) is 1. The van der Waals surface area contributed by atoms with E-state index in [0.717, 1.165) is 0 Å². The molecule has 2 atom stereocenters. The van der Waals surface area contributed by atoms with Crippen LogP contribution in [0.4, 0.5) is 11.4 Å². The molecular formula is C20H19N3O3. The molecule has 132 valence electrons. The number of benzene rings is 2. The zero-order valence-corrected chi connectivity index (χ0v) is 14.4. The van der Waals surface area contributed by atoms with E-state index >= 15 is 0 Å². The predicted octanol–water partition coefficient (Wildman–Crippen LogP) is 3.17. The van der Waals surface area contributed by atoms with Crippen LogP contribution in [-0.2, 0) is 9.59 Å². The lowest BCUT2D eigenvalue weighted by molar-refractivity contribution is -0.122. The Morgan fingerprint density at radius 2 is 1.73 bits per heavy atom. The van der Waals surface area contributed by atoms with E-state index < -0.39 is 0 Å². The number of carbonyl (C=O) groups is 2. The summed E-state index contributed by atoms with van der Waals surface area (Å²) in [5, 5.41) is 14.4. The van der Waals surface area contributed by atoms with Gasteiger partial charge in [0.1, 0.15) is 5.75 Å². The van der Waals surface area contributed by atoms with Gasteiger partial charge >= 0.3 is 0 Å². The number of rotatable bonds is 6. The van der Waals surface area contributed by atoms with Gasteiger partial charge in [0.05, 0.1) is 35.8 Å². The van der Waals surface area contributed by atoms with E-state index in [0.29, 0.717) is 35.7 Å². The molecule has 0 aromatic heterocycles. The molecule has 3 rings (SSSR count). The largest absolute Gasteiger partial charge is 0.492 e. The van der Waals surface area contributed by atoms with Gasteiger partial charge in [-0.3, -0.25) is 9.59 Å². The monoisotopic (exact) mass is 349 g/mol. The van der Waals surface area contributed by atoms with Crippen LogP contribution in [-0.4, -0.2) is 18.4 Å². The van der Waals surface area contributed by atoms with Crippen LogP contribution in [0.1, 0.15) is 18.9 Å². The first kappa shape index (κ1) is 17.5. The van der Waals surface area contributed by atoms with Crippen molar-refractivity contribution in [3.8, 4) is 11.8 Å². The molecule has 2 unspecified atom stereocenters. The van der Waals surface area contributed by atoms with E-state index in [1.54, 1.807) is 36.4 Å². The zero-order valence-electron chi connectivity index (χ0n) is 14.4. The fourth-order valence-corrected chi connectivity index (χ4v) is 2.71. The molecule has 2 amide bonds. The van der Waals surface area contributed by atoms with Gasteiger partial charge in [0.15, 0.2) is 0 Å². The summed E-state index contributed by atoms with van der Waals surface area (Å²) in [6.45, 7) is 2.38. The summed E-state index contributed by atoms with van der Waals surface area (Å²) in [4.78, 5) is 24.7. The van der Waals surface area contributed by atoms with Gasteiger partial charge in [0.25, 0.3) is 0 Å². The Morgan fingerprint density at radius 1 is 1.08 bits per heavy atom. The van der Waals surface area contributed by atoms with Crippen LogP contribution in [0.3, 0.4) is 0 Å². The van der Waals surface area contributed by atoms with Gasteiger partial charge in [0, 0.05) is 5.69 Å². The smallest absolute Gasteiger partial charge is 0.228 e. The molecule has 0 spiro atoms. The Kier molecular flexibility index (Phi) is 5.18. The topological polar surface area (TPSA) is 91.2 Å². The predicted molar refractivity (Wildman–Crippen MR) is 97.6 cm³/mol. The molecule has 1 aliphatic carbocycles. The van der Waals surface area contributed by atoms with Gasteiger partial charge in [0.2, 0.25) is 11.8 Å². The quantitative estimate of drug-likeness (QED) is 0.838. The van der Waals surface area contributed by atoms with E-state index in [2.05, 4.69) is 10.6 Å². The van der Waals surface area contributed by atoms with E-state index in [-0.39, 0.29) is 23.7 Å². The van der Waals surface area contributed by atoms with E-state index in [1.165, 1.54) is 0 Å². The Morgan fingerprint density at radius 3 is 2.38 bits per heavy atom. The van der Waals surface area contributed by atoms with Crippen LogP contribution in [0.15, 0.2) is 48.5 Å². The van der Waals surface area contributed by atoms with Crippen molar-refractivity contribution in [2.75, 3.05) is 17.2 Å². The Bertz CT molecular complexity index is 855. The molecule has 0 saturated heterocycles. The first-order chi connectivity index (χ1) is 12.6. The SMILES string of the molecule is CCOc1ccccc1NC(=O)C1CC1C(=O)Nc1ccc(C#N)cc1. The molecule has 0 radical (unpaired) electrons. The standard InChI is InChI=1S/C20H19N3O3/c1-2-26-18-6-4-3-5-17(18)23-20(25)16-11-15(16)19(24)22-14-9-7-13(12-21)8-10-14/h3-10,15-16H,2,11H2,1H3,(H,22,24)(H,23,25). The Labute approximate surface area is 151 Å². The number of para-hydroxylation sites is 2. The van der Waals surface area contributed by atoms with Gasteiger partial charge < -0.3 is 15.4 Å². The maximum absolute atomic E-state index is 12.4. The lowest BCUT2D eigenvalue weighted by Crippen LogP contribution is -2.20. The van der Waals surface area contributed by atoms with Gasteiger partial charge in [-0.2, -0.15) is 5.26 Å². The number of anilines is 2. The number of ether oxygens (including phenoxy) is 1. The molecule has 26 heavy (non-hydrogen) atoms. The van der Waals surface area contributed by atoms with E-state index in [1.807, 2.05) is 25.1 Å². The second-order valence-electron chi connectivity index (χ2n) is 6.05. The highest BCUT2D eigenvalue weighted by atomic mass is 16.5. The minimum Gasteiger partial charge on any atom is -0.492 e. The van der Waals surface area contributed by atoms with Crippen LogP contribution in [0.2, 0.25) is 0 Å². The Hall–Kier alpha value is -3.33. The second kappa shape index (κ2) is 7.70. The lowest BCUT2D eigenvalue weighted by Gasteiger charge is -2.11. The maximum atomic E-state index is 12.4. The normalized spacial score (nSPS) is 17.7. The molecule has 1 aliphatic rings. The highest BCUT2D eigenvalue weighted by Gasteiger charge is 2.48. The molecule has 2 N–H and O–H groups in total. The number of hydrogen-bond acceptors (Lipinski definition) is 4. The molecule has 6 nitrogen and oxygen atoms in total. The molecule has 0 bridgehead atoms. The molecular weight excluding hydrogens is 330 g/mol. The first-order valence-electron chi connectivity index (χ1n) is 8.46. The van der Waals surface area contributed by atoms with Crippen molar-refractivity contribution in [2.24, 2.45) is 11.8 Å². The third kappa shape index (κ3) is 4.01. The summed E-state index contributed by atoms with van der Waals surface area (Å²) in [5.41, 5.74) is 1.75. The fourth-order valence-electron chi connectivity index (χ4n) is 2.71. The molecule has 0 aliphatic heterocycles. The number of nitriles is 1. The van der Waals surface area contributed by atoms with Crippen molar-refractivity contribution in [2.45, 2.75) is 13.3 Å². The van der Waals surface area contributed by atoms with Crippen molar-refractivity contribution >= 4 is 23.2 Å². The fraction of sp³-hybridized carbons (Fsp3) is 0.250. The summed E-state index contributed by atoms with van der Waals surface area (Å²) in [6, 6.07) is 15.9. The first-order valence-corrected chi connectivity index (χ1v) is 8.46. The molecule has 6 heteroatoms. The average molecular weight is 349 g/mol. The van der Waals surface area contributed by atoms with Crippen molar-refractivity contribution < 1.29 is 14.3 Å². The summed E-state index contributed by atoms with van der Waals surface area (Å²) in [7, 11) is 0. The van der Waals surface area contributed by atoms with Crippen molar-refractivity contribution in [3.05, 3.63) is 54.1 Å². The van der Waals surface area contributed by atoms with Crippen molar-refractivity contribution in [1.82, 2.24) is 0 Å². The second-order valence-corrected chi connectivity index (χ2v) is 6.05. The third-order valence-electron chi connectivity index (χ3n) is 4.19. The summed E-state index contributed by atoms with van der Waals surface area (Å²) >= 11 is 0. The van der Waals surface area contributed by atoms with Crippen LogP contribution < -0.4 is 15.4 Å². The zero-order chi connectivity index (χ0) is 18.5. The maximum Gasteiger partial charge on any atom is 0.228 e. The van der Waals surface area contributed by atoms with Crippen LogP contribution in [0, 0.1) is 23.2 Å². The molecule has 1 fully saturated rings. The summed E-state index contributed by atoms with van der Waals surface area (Å²) in [5.74, 6) is -0.444. The molecule has 1 saturated carbocycles. The van der Waals surface area contributed by atoms with Crippen LogP contribution >= 0.6 is 0 Å². The van der Waals surface area contributed by atoms with Crippen molar-refractivity contribution in [3.63, 3.8) is 0 Å². The summed E-state index contributed by atoms with van der Waals surface area (Å²) < 4.78 is 5.49. The third-order valence-corrected chi connectivity index (χ3v) is 4.19. The number of carbonyl (C=O) groups excluding carboxylic acids is 2.